The second-order valence-corrected chi connectivity index (χ2v) is 10.2. The van der Waals surface area contributed by atoms with E-state index < -0.39 is 17.8 Å². The van der Waals surface area contributed by atoms with Crippen molar-refractivity contribution >= 4 is 34.6 Å². The van der Waals surface area contributed by atoms with E-state index in [4.69, 9.17) is 30.9 Å². The van der Waals surface area contributed by atoms with Crippen LogP contribution in [-0.4, -0.2) is 58.3 Å². The van der Waals surface area contributed by atoms with Gasteiger partial charge in [0.1, 0.15) is 12.0 Å². The number of alkyl halides is 3. The lowest BCUT2D eigenvalue weighted by Gasteiger charge is -2.31. The van der Waals surface area contributed by atoms with Crippen molar-refractivity contribution in [1.29, 1.82) is 0 Å². The number of likely N-dealkylation sites (tertiary alicyclic amines) is 1. The van der Waals surface area contributed by atoms with Gasteiger partial charge >= 0.3 is 6.18 Å². The molecule has 3 aromatic rings. The first-order valence-corrected chi connectivity index (χ1v) is 13.3. The van der Waals surface area contributed by atoms with Crippen LogP contribution in [0.25, 0.3) is 0 Å². The zero-order valence-corrected chi connectivity index (χ0v) is 22.2. The molecule has 1 aromatic carbocycles. The van der Waals surface area contributed by atoms with Crippen molar-refractivity contribution in [3.05, 3.63) is 63.0 Å². The summed E-state index contributed by atoms with van der Waals surface area (Å²) in [4.78, 5) is 32.3. The summed E-state index contributed by atoms with van der Waals surface area (Å²) in [7, 11) is 1.47. The second kappa shape index (κ2) is 11.3. The van der Waals surface area contributed by atoms with E-state index in [-0.39, 0.29) is 41.3 Å². The summed E-state index contributed by atoms with van der Waals surface area (Å²) in [5.41, 5.74) is 0.0858. The number of rotatable bonds is 7. The first-order chi connectivity index (χ1) is 18.7. The summed E-state index contributed by atoms with van der Waals surface area (Å²) in [5, 5.41) is 6.73. The van der Waals surface area contributed by atoms with Crippen LogP contribution in [0, 0.1) is 0 Å². The topological polar surface area (TPSA) is 99.0 Å². The molecule has 0 bridgehead atoms. The van der Waals surface area contributed by atoms with Gasteiger partial charge in [0.25, 0.3) is 11.8 Å². The Hall–Kier alpha value is -3.45. The molecule has 1 saturated heterocycles. The number of piperidine rings is 1. The lowest BCUT2D eigenvalue weighted by molar-refractivity contribution is -0.139. The largest absolute Gasteiger partial charge is 0.490 e. The molecule has 0 saturated carbocycles. The first kappa shape index (κ1) is 27.1. The molecule has 2 aromatic heterocycles. The standard InChI is InChI=1S/C25H23ClF3N5O4S/c1-36-20-10-30-13-31-23(20)37-11-21(35)34-7-5-14(6-8-34)24-32-18(12-39-24)17-9-19(38-33-17)22-15(25(27,28)29)3-2-4-16(22)26/h2-4,10,12-14,19H,5-9,11H2,1H3. The van der Waals surface area contributed by atoms with Crippen LogP contribution < -0.4 is 9.47 Å². The van der Waals surface area contributed by atoms with E-state index >= 15 is 0 Å². The fraction of sp³-hybridized carbons (Fsp3) is 0.400. The Balaban J connectivity index is 1.16. The van der Waals surface area contributed by atoms with E-state index in [0.717, 1.165) is 23.9 Å². The van der Waals surface area contributed by atoms with Crippen molar-refractivity contribution in [2.45, 2.75) is 37.5 Å². The summed E-state index contributed by atoms with van der Waals surface area (Å²) in [6, 6.07) is 3.66. The van der Waals surface area contributed by atoms with Gasteiger partial charge in [-0.15, -0.1) is 11.3 Å². The predicted molar refractivity (Wildman–Crippen MR) is 136 cm³/mol. The molecule has 1 atom stereocenters. The summed E-state index contributed by atoms with van der Waals surface area (Å²) >= 11 is 7.58. The third kappa shape index (κ3) is 5.93. The lowest BCUT2D eigenvalue weighted by atomic mass is 9.97. The van der Waals surface area contributed by atoms with Gasteiger partial charge in [-0.05, 0) is 25.0 Å². The van der Waals surface area contributed by atoms with Crippen LogP contribution in [0.4, 0.5) is 13.2 Å². The van der Waals surface area contributed by atoms with Crippen LogP contribution in [0.3, 0.4) is 0 Å². The predicted octanol–water partition coefficient (Wildman–Crippen LogP) is 5.26. The van der Waals surface area contributed by atoms with Gasteiger partial charge in [-0.1, -0.05) is 22.8 Å². The molecule has 4 heterocycles. The highest BCUT2D eigenvalue weighted by molar-refractivity contribution is 7.10. The van der Waals surface area contributed by atoms with Gasteiger partial charge in [-0.3, -0.25) is 4.79 Å². The molecule has 0 N–H and O–H groups in total. The van der Waals surface area contributed by atoms with Crippen molar-refractivity contribution in [3.63, 3.8) is 0 Å². The lowest BCUT2D eigenvalue weighted by Crippen LogP contribution is -2.40. The SMILES string of the molecule is COc1cncnc1OCC(=O)N1CCC(c2nc(C3=NOC(c4c(Cl)cccc4C(F)(F)F)C3)cs2)CC1. The van der Waals surface area contributed by atoms with Gasteiger partial charge in [0.2, 0.25) is 0 Å². The van der Waals surface area contributed by atoms with Crippen LogP contribution in [-0.2, 0) is 15.8 Å². The fourth-order valence-electron chi connectivity index (χ4n) is 4.55. The van der Waals surface area contributed by atoms with Crippen LogP contribution in [0.2, 0.25) is 5.02 Å². The number of oxime groups is 1. The van der Waals surface area contributed by atoms with Crippen molar-refractivity contribution in [2.24, 2.45) is 5.16 Å². The number of nitrogens with zero attached hydrogens (tertiary/aromatic N) is 5. The number of benzene rings is 1. The Kier molecular flexibility index (Phi) is 7.89. The summed E-state index contributed by atoms with van der Waals surface area (Å²) in [6.45, 7) is 0.922. The number of halogens is 4. The van der Waals surface area contributed by atoms with E-state index in [2.05, 4.69) is 15.1 Å². The summed E-state index contributed by atoms with van der Waals surface area (Å²) < 4.78 is 51.3. The fourth-order valence-corrected chi connectivity index (χ4v) is 5.85. The molecule has 0 aliphatic carbocycles. The van der Waals surface area contributed by atoms with Gasteiger partial charge in [-0.25, -0.2) is 9.97 Å². The molecule has 0 spiro atoms. The Labute approximate surface area is 230 Å². The molecule has 1 amide bonds. The minimum absolute atomic E-state index is 0.0203. The molecule has 206 valence electrons. The van der Waals surface area contributed by atoms with Gasteiger partial charge in [0, 0.05) is 41.4 Å². The number of methoxy groups -OCH3 is 1. The minimum Gasteiger partial charge on any atom is -0.490 e. The molecule has 5 rings (SSSR count). The van der Waals surface area contributed by atoms with Crippen LogP contribution in [0.1, 0.15) is 53.1 Å². The van der Waals surface area contributed by atoms with Crippen molar-refractivity contribution in [2.75, 3.05) is 26.8 Å². The number of thiazole rings is 1. The van der Waals surface area contributed by atoms with Crippen molar-refractivity contribution in [3.8, 4) is 11.6 Å². The summed E-state index contributed by atoms with van der Waals surface area (Å²) in [5.74, 6) is 0.543. The van der Waals surface area contributed by atoms with E-state index in [9.17, 15) is 18.0 Å². The number of hydrogen-bond donors (Lipinski definition) is 0. The average molecular weight is 582 g/mol. The first-order valence-electron chi connectivity index (χ1n) is 12.0. The molecule has 2 aliphatic heterocycles. The maximum absolute atomic E-state index is 13.5. The van der Waals surface area contributed by atoms with Crippen molar-refractivity contribution < 1.29 is 32.3 Å². The van der Waals surface area contributed by atoms with E-state index in [1.165, 1.54) is 43.1 Å². The maximum Gasteiger partial charge on any atom is 0.416 e. The average Bonchev–Trinajstić information content (AvgIpc) is 3.62. The molecule has 39 heavy (non-hydrogen) atoms. The van der Waals surface area contributed by atoms with Gasteiger partial charge in [0.15, 0.2) is 18.5 Å². The molecule has 1 unspecified atom stereocenters. The quantitative estimate of drug-likeness (QED) is 0.375. The van der Waals surface area contributed by atoms with Gasteiger partial charge < -0.3 is 19.2 Å². The molecule has 14 heteroatoms. The Morgan fingerprint density at radius 3 is 2.82 bits per heavy atom. The molecular weight excluding hydrogens is 559 g/mol. The Morgan fingerprint density at radius 1 is 1.28 bits per heavy atom. The smallest absolute Gasteiger partial charge is 0.416 e. The highest BCUT2D eigenvalue weighted by Crippen LogP contribution is 2.42. The highest BCUT2D eigenvalue weighted by Gasteiger charge is 2.39. The Bertz CT molecular complexity index is 1380. The number of carbonyl (C=O) groups is 1. The minimum atomic E-state index is -4.56. The zero-order valence-electron chi connectivity index (χ0n) is 20.7. The second-order valence-electron chi connectivity index (χ2n) is 8.95. The van der Waals surface area contributed by atoms with Gasteiger partial charge in [0.05, 0.1) is 29.6 Å². The maximum atomic E-state index is 13.5. The normalized spacial score (nSPS) is 18.0. The third-order valence-corrected chi connectivity index (χ3v) is 7.90. The molecule has 1 fully saturated rings. The number of hydrogen-bond acceptors (Lipinski definition) is 9. The molecular formula is C25H23ClF3N5O4S. The monoisotopic (exact) mass is 581 g/mol. The van der Waals surface area contributed by atoms with Gasteiger partial charge in [-0.2, -0.15) is 18.2 Å². The van der Waals surface area contributed by atoms with Crippen LogP contribution in [0.15, 0.2) is 41.3 Å². The van der Waals surface area contributed by atoms with Crippen LogP contribution >= 0.6 is 22.9 Å². The molecule has 2 aliphatic rings. The van der Waals surface area contributed by atoms with Crippen molar-refractivity contribution in [1.82, 2.24) is 19.9 Å². The molecule has 0 radical (unpaired) electrons. The summed E-state index contributed by atoms with van der Waals surface area (Å²) in [6.07, 6.45) is -1.18. The Morgan fingerprint density at radius 2 is 2.08 bits per heavy atom. The highest BCUT2D eigenvalue weighted by atomic mass is 35.5. The number of aromatic nitrogens is 3. The van der Waals surface area contributed by atoms with Crippen LogP contribution in [0.5, 0.6) is 11.6 Å². The third-order valence-electron chi connectivity index (χ3n) is 6.56. The number of amides is 1. The van der Waals surface area contributed by atoms with E-state index in [1.54, 1.807) is 4.90 Å². The zero-order chi connectivity index (χ0) is 27.6. The number of carbonyl (C=O) groups excluding carboxylic acids is 1. The van der Waals surface area contributed by atoms with E-state index in [0.29, 0.717) is 30.2 Å². The molecule has 9 nitrogen and oxygen atoms in total. The van der Waals surface area contributed by atoms with E-state index in [1.807, 2.05) is 5.38 Å². The number of ether oxygens (including phenoxy) is 2.